The molecule has 0 aliphatic carbocycles. The number of hydrogen-bond donors (Lipinski definition) is 1. The van der Waals surface area contributed by atoms with Gasteiger partial charge in [-0.3, -0.25) is 15.1 Å². The number of amides is 1. The number of benzene rings is 2. The molecule has 0 aliphatic heterocycles. The molecular formula is C22H13ClF3N3O2. The van der Waals surface area contributed by atoms with E-state index in [2.05, 4.69) is 15.5 Å². The molecule has 4 rings (SSSR count). The molecule has 4 aromatic rings. The average Bonchev–Trinajstić information content (AvgIpc) is 3.19. The van der Waals surface area contributed by atoms with Crippen molar-refractivity contribution in [2.24, 2.45) is 0 Å². The van der Waals surface area contributed by atoms with Crippen LogP contribution in [0.3, 0.4) is 0 Å². The summed E-state index contributed by atoms with van der Waals surface area (Å²) in [5, 5.41) is 5.78. The summed E-state index contributed by atoms with van der Waals surface area (Å²) in [7, 11) is 0. The van der Waals surface area contributed by atoms with Gasteiger partial charge in [-0.25, -0.2) is 13.2 Å². The summed E-state index contributed by atoms with van der Waals surface area (Å²) < 4.78 is 47.4. The number of pyridine rings is 1. The van der Waals surface area contributed by atoms with Crippen molar-refractivity contribution in [3.63, 3.8) is 0 Å². The quantitative estimate of drug-likeness (QED) is 0.319. The van der Waals surface area contributed by atoms with Crippen molar-refractivity contribution < 1.29 is 22.5 Å². The van der Waals surface area contributed by atoms with Gasteiger partial charge in [0.05, 0.1) is 17.0 Å². The number of carbonyl (C=O) groups excluding carboxylic acids is 1. The molecule has 2 aromatic heterocycles. The Hall–Kier alpha value is -3.65. The second-order valence-electron chi connectivity index (χ2n) is 6.53. The minimum Gasteiger partial charge on any atom is -0.337 e. The van der Waals surface area contributed by atoms with Gasteiger partial charge in [0.25, 0.3) is 0 Å². The number of aromatic nitrogens is 2. The zero-order valence-electron chi connectivity index (χ0n) is 15.7. The Kier molecular flexibility index (Phi) is 5.73. The van der Waals surface area contributed by atoms with Crippen LogP contribution in [0.5, 0.6) is 0 Å². The maximum absolute atomic E-state index is 14.5. The van der Waals surface area contributed by atoms with Gasteiger partial charge in [0.15, 0.2) is 17.5 Å². The highest BCUT2D eigenvalue weighted by atomic mass is 35.5. The maximum Gasteiger partial charge on any atom is 0.239 e. The molecule has 156 valence electrons. The summed E-state index contributed by atoms with van der Waals surface area (Å²) >= 11 is 5.70. The predicted octanol–water partition coefficient (Wildman–Crippen LogP) is 5.66. The molecule has 0 bridgehead atoms. The van der Waals surface area contributed by atoms with Crippen LogP contribution in [0.1, 0.15) is 5.56 Å². The van der Waals surface area contributed by atoms with Crippen molar-refractivity contribution in [3.8, 4) is 22.4 Å². The van der Waals surface area contributed by atoms with E-state index >= 15 is 0 Å². The first-order chi connectivity index (χ1) is 15.0. The van der Waals surface area contributed by atoms with E-state index in [4.69, 9.17) is 16.1 Å². The van der Waals surface area contributed by atoms with Crippen molar-refractivity contribution in [2.75, 3.05) is 5.32 Å². The lowest BCUT2D eigenvalue weighted by molar-refractivity contribution is -0.115. The molecule has 0 spiro atoms. The van der Waals surface area contributed by atoms with Gasteiger partial charge in [0.2, 0.25) is 11.8 Å². The molecule has 2 aromatic carbocycles. The smallest absolute Gasteiger partial charge is 0.239 e. The number of hydrogen-bond acceptors (Lipinski definition) is 4. The minimum atomic E-state index is -1.74. The Bertz CT molecular complexity index is 1250. The van der Waals surface area contributed by atoms with Gasteiger partial charge in [-0.1, -0.05) is 47.1 Å². The molecule has 9 heteroatoms. The monoisotopic (exact) mass is 443 g/mol. The average molecular weight is 444 g/mol. The van der Waals surface area contributed by atoms with Gasteiger partial charge in [0, 0.05) is 18.0 Å². The molecule has 0 saturated carbocycles. The lowest BCUT2D eigenvalue weighted by atomic mass is 10.0. The zero-order valence-corrected chi connectivity index (χ0v) is 16.5. The third-order valence-electron chi connectivity index (χ3n) is 4.48. The van der Waals surface area contributed by atoms with Crippen molar-refractivity contribution in [3.05, 3.63) is 89.0 Å². The van der Waals surface area contributed by atoms with Crippen molar-refractivity contribution >= 4 is 23.4 Å². The summed E-state index contributed by atoms with van der Waals surface area (Å²) in [5.74, 6) is -5.21. The van der Waals surface area contributed by atoms with Crippen molar-refractivity contribution in [1.82, 2.24) is 10.1 Å². The summed E-state index contributed by atoms with van der Waals surface area (Å²) in [5.41, 5.74) is 0.831. The van der Waals surface area contributed by atoms with E-state index in [-0.39, 0.29) is 23.6 Å². The molecule has 0 atom stereocenters. The van der Waals surface area contributed by atoms with Crippen LogP contribution in [0.25, 0.3) is 22.4 Å². The largest absolute Gasteiger partial charge is 0.337 e. The van der Waals surface area contributed by atoms with E-state index in [0.717, 1.165) is 11.6 Å². The highest BCUT2D eigenvalue weighted by molar-refractivity contribution is 6.31. The highest BCUT2D eigenvalue weighted by Crippen LogP contribution is 2.40. The van der Waals surface area contributed by atoms with Crippen LogP contribution in [0.15, 0.2) is 65.4 Å². The maximum atomic E-state index is 14.5. The molecule has 0 radical (unpaired) electrons. The molecule has 0 aliphatic rings. The van der Waals surface area contributed by atoms with Crippen molar-refractivity contribution in [2.45, 2.75) is 6.42 Å². The van der Waals surface area contributed by atoms with Crippen LogP contribution in [0, 0.1) is 17.5 Å². The normalized spacial score (nSPS) is 10.8. The van der Waals surface area contributed by atoms with E-state index in [1.165, 1.54) is 12.4 Å². The fourth-order valence-electron chi connectivity index (χ4n) is 3.04. The molecule has 2 heterocycles. The van der Waals surface area contributed by atoms with Gasteiger partial charge in [-0.15, -0.1) is 0 Å². The van der Waals surface area contributed by atoms with Crippen LogP contribution in [0.4, 0.5) is 19.1 Å². The predicted molar refractivity (Wildman–Crippen MR) is 109 cm³/mol. The van der Waals surface area contributed by atoms with Gasteiger partial charge in [0.1, 0.15) is 5.69 Å². The lowest BCUT2D eigenvalue weighted by Crippen LogP contribution is -2.14. The number of anilines is 1. The molecule has 0 unspecified atom stereocenters. The third kappa shape index (κ3) is 4.15. The zero-order chi connectivity index (χ0) is 22.0. The van der Waals surface area contributed by atoms with Gasteiger partial charge in [-0.05, 0) is 29.3 Å². The number of carbonyl (C=O) groups is 1. The highest BCUT2D eigenvalue weighted by Gasteiger charge is 2.27. The fraction of sp³-hybridized carbons (Fsp3) is 0.0455. The van der Waals surface area contributed by atoms with Crippen LogP contribution in [0.2, 0.25) is 5.02 Å². The summed E-state index contributed by atoms with van der Waals surface area (Å²) in [6, 6.07) is 13.0. The minimum absolute atomic E-state index is 0.0536. The van der Waals surface area contributed by atoms with E-state index < -0.39 is 33.9 Å². The number of rotatable bonds is 5. The molecule has 0 fully saturated rings. The van der Waals surface area contributed by atoms with E-state index in [0.29, 0.717) is 5.56 Å². The second kappa shape index (κ2) is 8.61. The van der Waals surface area contributed by atoms with Gasteiger partial charge >= 0.3 is 0 Å². The molecule has 1 amide bonds. The molecule has 0 saturated heterocycles. The van der Waals surface area contributed by atoms with Crippen LogP contribution >= 0.6 is 11.6 Å². The summed E-state index contributed by atoms with van der Waals surface area (Å²) in [6.45, 7) is 0. The Balaban J connectivity index is 1.78. The number of nitrogens with one attached hydrogen (secondary N) is 1. The fourth-order valence-corrected chi connectivity index (χ4v) is 3.24. The summed E-state index contributed by atoms with van der Waals surface area (Å²) in [4.78, 5) is 16.4. The summed E-state index contributed by atoms with van der Waals surface area (Å²) in [6.07, 6.45) is 2.99. The Morgan fingerprint density at radius 1 is 1.00 bits per heavy atom. The first-order valence-electron chi connectivity index (χ1n) is 9.03. The lowest BCUT2D eigenvalue weighted by Gasteiger charge is -2.08. The Morgan fingerprint density at radius 2 is 1.71 bits per heavy atom. The third-order valence-corrected chi connectivity index (χ3v) is 4.75. The second-order valence-corrected chi connectivity index (χ2v) is 6.94. The van der Waals surface area contributed by atoms with Crippen LogP contribution < -0.4 is 5.32 Å². The van der Waals surface area contributed by atoms with E-state index in [1.54, 1.807) is 36.4 Å². The first-order valence-corrected chi connectivity index (χ1v) is 9.40. The van der Waals surface area contributed by atoms with Crippen LogP contribution in [-0.4, -0.2) is 16.0 Å². The molecule has 1 N–H and O–H groups in total. The molecule has 5 nitrogen and oxygen atoms in total. The Morgan fingerprint density at radius 3 is 2.42 bits per heavy atom. The topological polar surface area (TPSA) is 68.0 Å². The van der Waals surface area contributed by atoms with E-state index in [1.807, 2.05) is 6.07 Å². The SMILES string of the molecule is O=C(Cc1ccccc1)Nc1onc(-c2cc(Cl)c(F)c(F)c2F)c1-c1ccncc1. The van der Waals surface area contributed by atoms with Gasteiger partial charge in [-0.2, -0.15) is 0 Å². The first kappa shape index (κ1) is 20.6. The van der Waals surface area contributed by atoms with Crippen LogP contribution in [-0.2, 0) is 11.2 Å². The molecule has 31 heavy (non-hydrogen) atoms. The number of nitrogens with zero attached hydrogens (tertiary/aromatic N) is 2. The molecular weight excluding hydrogens is 431 g/mol. The standard InChI is InChI=1S/C22H13ClF3N3O2/c23-15-11-14(18(24)20(26)19(15)25)21-17(13-6-8-27-9-7-13)22(31-29-21)28-16(30)10-12-4-2-1-3-5-12/h1-9,11H,10H2,(H,28,30). The number of halogens is 4. The van der Waals surface area contributed by atoms with Gasteiger partial charge < -0.3 is 4.52 Å². The Labute approximate surface area is 179 Å². The van der Waals surface area contributed by atoms with Crippen molar-refractivity contribution in [1.29, 1.82) is 0 Å². The van der Waals surface area contributed by atoms with E-state index in [9.17, 15) is 18.0 Å².